The molecule has 0 bridgehead atoms. The molecule has 0 aliphatic carbocycles. The monoisotopic (exact) mass is 258 g/mol. The van der Waals surface area contributed by atoms with Gasteiger partial charge in [-0.2, -0.15) is 0 Å². The minimum atomic E-state index is -0.462. The highest BCUT2D eigenvalue weighted by Gasteiger charge is 2.11. The molecule has 0 atom stereocenters. The van der Waals surface area contributed by atoms with Crippen molar-refractivity contribution < 1.29 is 13.9 Å². The van der Waals surface area contributed by atoms with Gasteiger partial charge in [0.25, 0.3) is 0 Å². The van der Waals surface area contributed by atoms with Gasteiger partial charge in [-0.05, 0) is 37.6 Å². The summed E-state index contributed by atoms with van der Waals surface area (Å²) in [4.78, 5) is 12.1. The molecule has 0 fully saturated rings. The van der Waals surface area contributed by atoms with Gasteiger partial charge in [-0.25, -0.2) is 4.39 Å². The lowest BCUT2D eigenvalue weighted by Gasteiger charge is -2.08. The van der Waals surface area contributed by atoms with Crippen molar-refractivity contribution in [2.24, 2.45) is 0 Å². The van der Waals surface area contributed by atoms with Gasteiger partial charge in [-0.3, -0.25) is 4.79 Å². The van der Waals surface area contributed by atoms with E-state index in [0.29, 0.717) is 5.56 Å². The predicted octanol–water partition coefficient (Wildman–Crippen LogP) is 3.70. The first-order valence-electron chi connectivity index (χ1n) is 6.05. The molecule has 0 saturated carbocycles. The Morgan fingerprint density at radius 3 is 2.63 bits per heavy atom. The summed E-state index contributed by atoms with van der Waals surface area (Å²) in [6.07, 6.45) is 0. The highest BCUT2D eigenvalue weighted by atomic mass is 19.1. The molecule has 0 saturated heterocycles. The Balaban J connectivity index is 2.10. The molecule has 98 valence electrons. The van der Waals surface area contributed by atoms with Crippen molar-refractivity contribution in [1.82, 2.24) is 0 Å². The number of hydrogen-bond donors (Lipinski definition) is 0. The topological polar surface area (TPSA) is 26.3 Å². The summed E-state index contributed by atoms with van der Waals surface area (Å²) in [5.41, 5.74) is 2.53. The third-order valence-corrected chi connectivity index (χ3v) is 2.89. The maximum absolute atomic E-state index is 13.3. The number of rotatable bonds is 4. The SMILES string of the molecule is Cc1ccc(C)c(C(=O)COc2ccccc2F)c1. The van der Waals surface area contributed by atoms with Crippen LogP contribution < -0.4 is 4.74 Å². The van der Waals surface area contributed by atoms with E-state index in [4.69, 9.17) is 4.74 Å². The fourth-order valence-electron chi connectivity index (χ4n) is 1.82. The van der Waals surface area contributed by atoms with Gasteiger partial charge in [0.05, 0.1) is 0 Å². The largest absolute Gasteiger partial charge is 0.482 e. The van der Waals surface area contributed by atoms with Gasteiger partial charge in [-0.1, -0.05) is 29.8 Å². The molecule has 0 aliphatic heterocycles. The van der Waals surface area contributed by atoms with Crippen LogP contribution in [0.5, 0.6) is 5.75 Å². The van der Waals surface area contributed by atoms with Crippen LogP contribution in [0, 0.1) is 19.7 Å². The first kappa shape index (κ1) is 13.3. The Kier molecular flexibility index (Phi) is 3.95. The minimum Gasteiger partial charge on any atom is -0.482 e. The van der Waals surface area contributed by atoms with Crippen LogP contribution in [0.4, 0.5) is 4.39 Å². The fourth-order valence-corrected chi connectivity index (χ4v) is 1.82. The van der Waals surface area contributed by atoms with E-state index in [-0.39, 0.29) is 18.1 Å². The quantitative estimate of drug-likeness (QED) is 0.781. The molecule has 0 heterocycles. The second-order valence-electron chi connectivity index (χ2n) is 4.46. The highest BCUT2D eigenvalue weighted by molar-refractivity contribution is 5.98. The smallest absolute Gasteiger partial charge is 0.200 e. The van der Waals surface area contributed by atoms with E-state index >= 15 is 0 Å². The molecule has 0 amide bonds. The summed E-state index contributed by atoms with van der Waals surface area (Å²) in [5, 5.41) is 0. The average molecular weight is 258 g/mol. The highest BCUT2D eigenvalue weighted by Crippen LogP contribution is 2.17. The van der Waals surface area contributed by atoms with Gasteiger partial charge >= 0.3 is 0 Å². The van der Waals surface area contributed by atoms with Gasteiger partial charge in [0.15, 0.2) is 24.0 Å². The Labute approximate surface area is 111 Å². The zero-order chi connectivity index (χ0) is 13.8. The second-order valence-corrected chi connectivity index (χ2v) is 4.46. The van der Waals surface area contributed by atoms with Crippen LogP contribution in [-0.4, -0.2) is 12.4 Å². The number of Topliss-reactive ketones (excluding diaryl/α,β-unsaturated/α-hetero) is 1. The molecule has 0 N–H and O–H groups in total. The number of hydrogen-bond acceptors (Lipinski definition) is 2. The predicted molar refractivity (Wildman–Crippen MR) is 72.1 cm³/mol. The molecule has 0 aliphatic rings. The van der Waals surface area contributed by atoms with Crippen molar-refractivity contribution in [3.63, 3.8) is 0 Å². The number of ether oxygens (including phenoxy) is 1. The number of aryl methyl sites for hydroxylation is 2. The maximum Gasteiger partial charge on any atom is 0.200 e. The first-order chi connectivity index (χ1) is 9.08. The molecule has 2 nitrogen and oxygen atoms in total. The van der Waals surface area contributed by atoms with Gasteiger partial charge in [0, 0.05) is 5.56 Å². The van der Waals surface area contributed by atoms with Crippen LogP contribution in [0.1, 0.15) is 21.5 Å². The first-order valence-corrected chi connectivity index (χ1v) is 6.05. The van der Waals surface area contributed by atoms with Crippen LogP contribution >= 0.6 is 0 Å². The lowest BCUT2D eigenvalue weighted by molar-refractivity contribution is 0.0918. The van der Waals surface area contributed by atoms with Gasteiger partial charge in [0.2, 0.25) is 0 Å². The number of benzene rings is 2. The van der Waals surface area contributed by atoms with Crippen molar-refractivity contribution in [3.05, 3.63) is 65.0 Å². The summed E-state index contributed by atoms with van der Waals surface area (Å²) in [6.45, 7) is 3.63. The van der Waals surface area contributed by atoms with Crippen molar-refractivity contribution in [1.29, 1.82) is 0 Å². The normalized spacial score (nSPS) is 10.3. The standard InChI is InChI=1S/C16H15FO2/c1-11-7-8-12(2)13(9-11)15(18)10-19-16-6-4-3-5-14(16)17/h3-9H,10H2,1-2H3. The van der Waals surface area contributed by atoms with E-state index in [1.165, 1.54) is 12.1 Å². The number of para-hydroxylation sites is 1. The summed E-state index contributed by atoms with van der Waals surface area (Å²) in [7, 11) is 0. The summed E-state index contributed by atoms with van der Waals surface area (Å²) in [5.74, 6) is -0.512. The molecule has 0 radical (unpaired) electrons. The second kappa shape index (κ2) is 5.65. The summed E-state index contributed by atoms with van der Waals surface area (Å²) < 4.78 is 18.6. The molecule has 0 unspecified atom stereocenters. The lowest BCUT2D eigenvalue weighted by atomic mass is 10.0. The van der Waals surface area contributed by atoms with Crippen LogP contribution in [0.2, 0.25) is 0 Å². The maximum atomic E-state index is 13.3. The number of carbonyl (C=O) groups excluding carboxylic acids is 1. The number of carbonyl (C=O) groups is 1. The van der Waals surface area contributed by atoms with Crippen LogP contribution in [0.15, 0.2) is 42.5 Å². The molecule has 3 heteroatoms. The van der Waals surface area contributed by atoms with Gasteiger partial charge in [0.1, 0.15) is 0 Å². The zero-order valence-corrected chi connectivity index (χ0v) is 10.9. The molecule has 19 heavy (non-hydrogen) atoms. The van der Waals surface area contributed by atoms with Crippen LogP contribution in [0.25, 0.3) is 0 Å². The van der Waals surface area contributed by atoms with E-state index in [9.17, 15) is 9.18 Å². The summed E-state index contributed by atoms with van der Waals surface area (Å²) in [6, 6.07) is 11.7. The van der Waals surface area contributed by atoms with Crippen LogP contribution in [0.3, 0.4) is 0 Å². The fraction of sp³-hybridized carbons (Fsp3) is 0.188. The Bertz CT molecular complexity index is 605. The number of halogens is 1. The van der Waals surface area contributed by atoms with E-state index in [1.54, 1.807) is 12.1 Å². The molecule has 2 aromatic rings. The van der Waals surface area contributed by atoms with E-state index in [0.717, 1.165) is 11.1 Å². The van der Waals surface area contributed by atoms with Crippen molar-refractivity contribution >= 4 is 5.78 Å². The molecule has 0 spiro atoms. The summed E-state index contributed by atoms with van der Waals surface area (Å²) >= 11 is 0. The van der Waals surface area contributed by atoms with E-state index in [1.807, 2.05) is 32.0 Å². The lowest BCUT2D eigenvalue weighted by Crippen LogP contribution is -2.13. The molecular formula is C16H15FO2. The van der Waals surface area contributed by atoms with Gasteiger partial charge in [-0.15, -0.1) is 0 Å². The van der Waals surface area contributed by atoms with E-state index < -0.39 is 5.82 Å². The van der Waals surface area contributed by atoms with Crippen molar-refractivity contribution in [2.45, 2.75) is 13.8 Å². The Morgan fingerprint density at radius 1 is 1.16 bits per heavy atom. The minimum absolute atomic E-state index is 0.0983. The third-order valence-electron chi connectivity index (χ3n) is 2.89. The van der Waals surface area contributed by atoms with E-state index in [2.05, 4.69) is 0 Å². The Morgan fingerprint density at radius 2 is 1.89 bits per heavy atom. The molecule has 2 aromatic carbocycles. The average Bonchev–Trinajstić information content (AvgIpc) is 2.40. The third kappa shape index (κ3) is 3.19. The van der Waals surface area contributed by atoms with Crippen LogP contribution in [-0.2, 0) is 0 Å². The Hall–Kier alpha value is -2.16. The zero-order valence-electron chi connectivity index (χ0n) is 10.9. The molecule has 2 rings (SSSR count). The molecule has 0 aromatic heterocycles. The molecular weight excluding hydrogens is 243 g/mol. The van der Waals surface area contributed by atoms with Crippen molar-refractivity contribution in [3.8, 4) is 5.75 Å². The number of ketones is 1. The van der Waals surface area contributed by atoms with Crippen molar-refractivity contribution in [2.75, 3.05) is 6.61 Å². The van der Waals surface area contributed by atoms with Gasteiger partial charge < -0.3 is 4.74 Å².